The molecule has 0 spiro atoms. The summed E-state index contributed by atoms with van der Waals surface area (Å²) in [6.07, 6.45) is 0. The van der Waals surface area contributed by atoms with Gasteiger partial charge in [0, 0.05) is 37.4 Å². The predicted molar refractivity (Wildman–Crippen MR) is 147 cm³/mol. The predicted octanol–water partition coefficient (Wildman–Crippen LogP) is 3.14. The molecule has 0 unspecified atom stereocenters. The van der Waals surface area contributed by atoms with Crippen molar-refractivity contribution < 1.29 is 27.1 Å². The van der Waals surface area contributed by atoms with Gasteiger partial charge in [-0.1, -0.05) is 12.1 Å². The Labute approximate surface area is 226 Å². The summed E-state index contributed by atoms with van der Waals surface area (Å²) < 4.78 is 43.7. The van der Waals surface area contributed by atoms with Gasteiger partial charge in [0.25, 0.3) is 5.91 Å². The van der Waals surface area contributed by atoms with E-state index in [0.717, 1.165) is 11.4 Å². The van der Waals surface area contributed by atoms with E-state index in [-0.39, 0.29) is 11.7 Å². The lowest BCUT2D eigenvalue weighted by molar-refractivity contribution is -0.116. The van der Waals surface area contributed by atoms with E-state index in [1.165, 1.54) is 24.3 Å². The highest BCUT2D eigenvalue weighted by Crippen LogP contribution is 2.29. The lowest BCUT2D eigenvalue weighted by Crippen LogP contribution is -2.49. The molecule has 3 aromatic carbocycles. The largest absolute Gasteiger partial charge is 0.497 e. The number of hydrogen-bond acceptors (Lipinski definition) is 7. The van der Waals surface area contributed by atoms with Crippen LogP contribution in [0.4, 0.5) is 21.5 Å². The van der Waals surface area contributed by atoms with Crippen LogP contribution in [0, 0.1) is 5.82 Å². The lowest BCUT2D eigenvalue weighted by Gasteiger charge is -2.36. The van der Waals surface area contributed by atoms with Crippen LogP contribution in [-0.4, -0.2) is 70.2 Å². The zero-order valence-corrected chi connectivity index (χ0v) is 22.2. The molecule has 204 valence electrons. The maximum absolute atomic E-state index is 13.2. The summed E-state index contributed by atoms with van der Waals surface area (Å²) in [5.74, 6) is -1.01. The molecule has 39 heavy (non-hydrogen) atoms. The van der Waals surface area contributed by atoms with E-state index in [4.69, 9.17) is 4.74 Å². The Bertz CT molecular complexity index is 1470. The molecule has 0 saturated carbocycles. The third-order valence-corrected chi connectivity index (χ3v) is 8.51. The van der Waals surface area contributed by atoms with Gasteiger partial charge in [0.05, 0.1) is 30.0 Å². The van der Waals surface area contributed by atoms with Crippen molar-refractivity contribution in [2.75, 3.05) is 54.6 Å². The standard InChI is InChI=1S/C28H29FN4O5S/c1-38-23-9-7-22(8-10-23)32-12-14-33(15-13-32)28(35)20-4-11-24-25(16-20)31-27(34)26(30-24)18-39(36,37)17-19-2-5-21(29)6-3-19/h2-11,16,26,30H,12-15,17-18H2,1H3,(H,31,34)/t26-/m0/s1. The molecule has 2 aliphatic heterocycles. The van der Waals surface area contributed by atoms with Crippen LogP contribution in [0.2, 0.25) is 0 Å². The third-order valence-electron chi connectivity index (χ3n) is 6.90. The molecule has 2 heterocycles. The number of halogens is 1. The van der Waals surface area contributed by atoms with E-state index < -0.39 is 33.4 Å². The highest BCUT2D eigenvalue weighted by Gasteiger charge is 2.31. The van der Waals surface area contributed by atoms with Gasteiger partial charge in [-0.25, -0.2) is 12.8 Å². The van der Waals surface area contributed by atoms with Crippen molar-refractivity contribution in [3.05, 3.63) is 83.7 Å². The molecule has 2 N–H and O–H groups in total. The number of piperazine rings is 1. The Morgan fingerprint density at radius 1 is 0.974 bits per heavy atom. The van der Waals surface area contributed by atoms with Crippen molar-refractivity contribution in [2.24, 2.45) is 0 Å². The molecule has 1 atom stereocenters. The number of carbonyl (C=O) groups is 2. The van der Waals surface area contributed by atoms with Crippen LogP contribution in [0.5, 0.6) is 5.75 Å². The van der Waals surface area contributed by atoms with Gasteiger partial charge in [-0.3, -0.25) is 9.59 Å². The molecule has 5 rings (SSSR count). The second kappa shape index (κ2) is 10.9. The van der Waals surface area contributed by atoms with E-state index in [9.17, 15) is 22.4 Å². The van der Waals surface area contributed by atoms with E-state index in [1.54, 1.807) is 30.2 Å². The number of nitrogens with one attached hydrogen (secondary N) is 2. The zero-order valence-electron chi connectivity index (χ0n) is 21.4. The number of nitrogens with zero attached hydrogens (tertiary/aromatic N) is 2. The average Bonchev–Trinajstić information content (AvgIpc) is 2.94. The van der Waals surface area contributed by atoms with Gasteiger partial charge >= 0.3 is 0 Å². The van der Waals surface area contributed by atoms with Gasteiger partial charge in [-0.15, -0.1) is 0 Å². The maximum Gasteiger partial charge on any atom is 0.254 e. The van der Waals surface area contributed by atoms with E-state index in [0.29, 0.717) is 48.7 Å². The first-order valence-electron chi connectivity index (χ1n) is 12.6. The van der Waals surface area contributed by atoms with Crippen LogP contribution in [-0.2, 0) is 20.4 Å². The molecule has 1 saturated heterocycles. The summed E-state index contributed by atoms with van der Waals surface area (Å²) in [4.78, 5) is 29.9. The molecule has 3 aromatic rings. The molecule has 11 heteroatoms. The Morgan fingerprint density at radius 2 is 1.67 bits per heavy atom. The minimum Gasteiger partial charge on any atom is -0.497 e. The number of amides is 2. The monoisotopic (exact) mass is 552 g/mol. The fourth-order valence-electron chi connectivity index (χ4n) is 4.79. The van der Waals surface area contributed by atoms with Crippen molar-refractivity contribution in [3.63, 3.8) is 0 Å². The van der Waals surface area contributed by atoms with Crippen molar-refractivity contribution in [3.8, 4) is 5.75 Å². The number of sulfone groups is 1. The van der Waals surface area contributed by atoms with E-state index in [2.05, 4.69) is 15.5 Å². The van der Waals surface area contributed by atoms with Gasteiger partial charge in [-0.05, 0) is 60.2 Å². The smallest absolute Gasteiger partial charge is 0.254 e. The van der Waals surface area contributed by atoms with Crippen LogP contribution in [0.15, 0.2) is 66.7 Å². The topological polar surface area (TPSA) is 108 Å². The van der Waals surface area contributed by atoms with Crippen LogP contribution >= 0.6 is 0 Å². The summed E-state index contributed by atoms with van der Waals surface area (Å²) >= 11 is 0. The van der Waals surface area contributed by atoms with Gasteiger partial charge in [0.15, 0.2) is 9.84 Å². The Balaban J connectivity index is 1.20. The SMILES string of the molecule is COc1ccc(N2CCN(C(=O)c3ccc4c(c3)NC(=O)[C@H](CS(=O)(=O)Cc3ccc(F)cc3)N4)CC2)cc1. The first-order valence-corrected chi connectivity index (χ1v) is 14.4. The highest BCUT2D eigenvalue weighted by atomic mass is 32.2. The molecule has 0 aliphatic carbocycles. The maximum atomic E-state index is 13.2. The molecule has 2 aliphatic rings. The first-order chi connectivity index (χ1) is 18.7. The van der Waals surface area contributed by atoms with Crippen molar-refractivity contribution in [2.45, 2.75) is 11.8 Å². The Hall–Kier alpha value is -4.12. The molecule has 0 bridgehead atoms. The highest BCUT2D eigenvalue weighted by molar-refractivity contribution is 7.90. The summed E-state index contributed by atoms with van der Waals surface area (Å²) in [6.45, 7) is 2.49. The summed E-state index contributed by atoms with van der Waals surface area (Å²) in [5, 5.41) is 5.72. The second-order valence-electron chi connectivity index (χ2n) is 9.60. The number of ether oxygens (including phenoxy) is 1. The quantitative estimate of drug-likeness (QED) is 0.464. The minimum absolute atomic E-state index is 0.134. The third kappa shape index (κ3) is 6.14. The number of anilines is 3. The second-order valence-corrected chi connectivity index (χ2v) is 11.7. The summed E-state index contributed by atoms with van der Waals surface area (Å²) in [5.41, 5.74) is 2.92. The van der Waals surface area contributed by atoms with Gasteiger partial charge in [-0.2, -0.15) is 0 Å². The van der Waals surface area contributed by atoms with Crippen molar-refractivity contribution >= 4 is 38.7 Å². The number of fused-ring (bicyclic) bond motifs is 1. The summed E-state index contributed by atoms with van der Waals surface area (Å²) in [7, 11) is -2.04. The molecule has 0 aromatic heterocycles. The lowest BCUT2D eigenvalue weighted by atomic mass is 10.1. The molecule has 1 fully saturated rings. The normalized spacial score (nSPS) is 17.2. The first kappa shape index (κ1) is 26.5. The van der Waals surface area contributed by atoms with Crippen LogP contribution < -0.4 is 20.3 Å². The van der Waals surface area contributed by atoms with Gasteiger partial charge in [0.1, 0.15) is 17.6 Å². The van der Waals surface area contributed by atoms with E-state index in [1.807, 2.05) is 24.3 Å². The molecule has 0 radical (unpaired) electrons. The Morgan fingerprint density at radius 3 is 2.33 bits per heavy atom. The number of hydrogen-bond donors (Lipinski definition) is 2. The van der Waals surface area contributed by atoms with Crippen LogP contribution in [0.3, 0.4) is 0 Å². The molecule has 9 nitrogen and oxygen atoms in total. The van der Waals surface area contributed by atoms with Crippen molar-refractivity contribution in [1.82, 2.24) is 4.90 Å². The van der Waals surface area contributed by atoms with Gasteiger partial charge < -0.3 is 25.2 Å². The van der Waals surface area contributed by atoms with E-state index >= 15 is 0 Å². The molecular formula is C28H29FN4O5S. The number of carbonyl (C=O) groups excluding carboxylic acids is 2. The number of benzene rings is 3. The Kier molecular flexibility index (Phi) is 7.42. The zero-order chi connectivity index (χ0) is 27.6. The van der Waals surface area contributed by atoms with Gasteiger partial charge in [0.2, 0.25) is 5.91 Å². The molecule has 2 amide bonds. The number of rotatable bonds is 7. The minimum atomic E-state index is -3.66. The fourth-order valence-corrected chi connectivity index (χ4v) is 6.35. The molecular weight excluding hydrogens is 523 g/mol. The average molecular weight is 553 g/mol. The van der Waals surface area contributed by atoms with Crippen LogP contribution in [0.25, 0.3) is 0 Å². The summed E-state index contributed by atoms with van der Waals surface area (Å²) in [6, 6.07) is 17.0. The van der Waals surface area contributed by atoms with Crippen LogP contribution in [0.1, 0.15) is 15.9 Å². The number of methoxy groups -OCH3 is 1. The van der Waals surface area contributed by atoms with Crippen molar-refractivity contribution in [1.29, 1.82) is 0 Å². The fraction of sp³-hybridized carbons (Fsp3) is 0.286.